The molecule has 1 N–H and O–H groups in total. The van der Waals surface area contributed by atoms with E-state index in [2.05, 4.69) is 4.72 Å². The van der Waals surface area contributed by atoms with Crippen LogP contribution in [0.15, 0.2) is 103 Å². The largest absolute Gasteiger partial charge is 0.448 e. The molecule has 5 nitrogen and oxygen atoms in total. The van der Waals surface area contributed by atoms with Gasteiger partial charge in [0, 0.05) is 5.70 Å². The second-order valence-corrected chi connectivity index (χ2v) is 6.69. The number of allylic oxidation sites excluding steroid dienone is 11. The molecule has 0 spiro atoms. The Kier molecular flexibility index (Phi) is 7.39. The zero-order valence-corrected chi connectivity index (χ0v) is 14.8. The van der Waals surface area contributed by atoms with Gasteiger partial charge in [-0.25, -0.2) is 4.79 Å². The van der Waals surface area contributed by atoms with E-state index in [0.29, 0.717) is 5.56 Å². The van der Waals surface area contributed by atoms with E-state index in [1.807, 2.05) is 24.3 Å². The molecule has 0 saturated heterocycles. The van der Waals surface area contributed by atoms with E-state index in [1.54, 1.807) is 72.9 Å². The van der Waals surface area contributed by atoms with Gasteiger partial charge in [-0.05, 0) is 17.7 Å². The van der Waals surface area contributed by atoms with Crippen LogP contribution in [-0.2, 0) is 21.4 Å². The van der Waals surface area contributed by atoms with Crippen molar-refractivity contribution < 1.29 is 17.9 Å². The van der Waals surface area contributed by atoms with E-state index in [0.717, 1.165) is 0 Å². The Labute approximate surface area is 153 Å². The van der Waals surface area contributed by atoms with Crippen molar-refractivity contribution in [3.05, 3.63) is 108 Å². The molecule has 26 heavy (non-hydrogen) atoms. The van der Waals surface area contributed by atoms with Crippen LogP contribution in [0.25, 0.3) is 0 Å². The maximum Gasteiger partial charge on any atom is 0.445 e. The number of sulfonamides is 1. The van der Waals surface area contributed by atoms with Gasteiger partial charge in [-0.1, -0.05) is 85.0 Å². The Hall–Kier alpha value is -3.12. The summed E-state index contributed by atoms with van der Waals surface area (Å²) >= 11 is 0. The van der Waals surface area contributed by atoms with Crippen LogP contribution in [0.5, 0.6) is 0 Å². The summed E-state index contributed by atoms with van der Waals surface area (Å²) in [6, 6.07) is 8.86. The van der Waals surface area contributed by atoms with Crippen molar-refractivity contribution in [2.45, 2.75) is 6.61 Å². The Morgan fingerprint density at radius 1 is 0.846 bits per heavy atom. The predicted octanol–water partition coefficient (Wildman–Crippen LogP) is 3.92. The maximum atomic E-state index is 12.2. The van der Waals surface area contributed by atoms with E-state index in [9.17, 15) is 13.2 Å². The Balaban J connectivity index is 2.06. The highest BCUT2D eigenvalue weighted by molar-refractivity contribution is 8.04. The molecule has 0 heterocycles. The van der Waals surface area contributed by atoms with Crippen molar-refractivity contribution in [2.24, 2.45) is 0 Å². The first-order valence-electron chi connectivity index (χ1n) is 7.86. The number of hydrogen-bond acceptors (Lipinski definition) is 4. The summed E-state index contributed by atoms with van der Waals surface area (Å²) in [4.78, 5) is 11.9. The van der Waals surface area contributed by atoms with Gasteiger partial charge in [0.05, 0.1) is 0 Å². The van der Waals surface area contributed by atoms with Crippen LogP contribution in [0, 0.1) is 0 Å². The third-order valence-electron chi connectivity index (χ3n) is 3.11. The smallest absolute Gasteiger partial charge is 0.445 e. The fourth-order valence-electron chi connectivity index (χ4n) is 1.88. The number of carbonyl (C=O) groups excluding carboxylic acids is 1. The van der Waals surface area contributed by atoms with Crippen molar-refractivity contribution in [1.29, 1.82) is 0 Å². The molecule has 0 radical (unpaired) electrons. The van der Waals surface area contributed by atoms with E-state index in [-0.39, 0.29) is 12.3 Å². The van der Waals surface area contributed by atoms with Crippen molar-refractivity contribution in [1.82, 2.24) is 4.72 Å². The molecule has 0 bridgehead atoms. The van der Waals surface area contributed by atoms with Gasteiger partial charge in [-0.15, -0.1) is 0 Å². The molecule has 2 rings (SSSR count). The van der Waals surface area contributed by atoms with Crippen molar-refractivity contribution in [2.75, 3.05) is 0 Å². The molecule has 0 aromatic heterocycles. The van der Waals surface area contributed by atoms with Crippen LogP contribution < -0.4 is 4.72 Å². The average Bonchev–Trinajstić information content (AvgIpc) is 2.62. The molecule has 1 aromatic carbocycles. The van der Waals surface area contributed by atoms with Crippen LogP contribution in [0.3, 0.4) is 0 Å². The van der Waals surface area contributed by atoms with Crippen LogP contribution in [0.4, 0.5) is 4.79 Å². The lowest BCUT2D eigenvalue weighted by Crippen LogP contribution is -2.30. The van der Waals surface area contributed by atoms with Gasteiger partial charge < -0.3 is 4.74 Å². The normalized spacial score (nSPS) is 19.2. The molecule has 134 valence electrons. The fourth-order valence-corrected chi connectivity index (χ4v) is 2.63. The van der Waals surface area contributed by atoms with Crippen molar-refractivity contribution >= 4 is 15.3 Å². The summed E-state index contributed by atoms with van der Waals surface area (Å²) in [5, 5.41) is -1.33. The number of nitrogens with one attached hydrogen (secondary N) is 1. The molecule has 0 atom stereocenters. The SMILES string of the molecule is O=C(OCc1ccccc1)S(=O)(=O)NC1=C\C=C/C=C\C=C/C=C\C=C1. The first kappa shape index (κ1) is 19.2. The number of ether oxygens (including phenoxy) is 1. The van der Waals surface area contributed by atoms with Gasteiger partial charge in [0.25, 0.3) is 0 Å². The quantitative estimate of drug-likeness (QED) is 0.817. The molecule has 1 aromatic rings. The second kappa shape index (κ2) is 10.0. The van der Waals surface area contributed by atoms with Gasteiger partial charge in [-0.2, -0.15) is 8.42 Å². The molecular formula is C20H19NO4S. The minimum absolute atomic E-state index is 0.116. The van der Waals surface area contributed by atoms with Gasteiger partial charge in [0.1, 0.15) is 6.61 Å². The predicted molar refractivity (Wildman–Crippen MR) is 102 cm³/mol. The van der Waals surface area contributed by atoms with Crippen LogP contribution >= 0.6 is 0 Å². The third kappa shape index (κ3) is 6.78. The highest BCUT2D eigenvalue weighted by Gasteiger charge is 2.24. The highest BCUT2D eigenvalue weighted by atomic mass is 32.2. The summed E-state index contributed by atoms with van der Waals surface area (Å²) < 4.78 is 31.4. The fraction of sp³-hybridized carbons (Fsp3) is 0.0500. The molecule has 0 fully saturated rings. The van der Waals surface area contributed by atoms with Crippen LogP contribution in [0.2, 0.25) is 0 Å². The summed E-state index contributed by atoms with van der Waals surface area (Å²) in [7, 11) is -4.32. The summed E-state index contributed by atoms with van der Waals surface area (Å²) in [5.41, 5.74) is 0.939. The third-order valence-corrected chi connectivity index (χ3v) is 4.17. The monoisotopic (exact) mass is 369 g/mol. The molecule has 1 aliphatic carbocycles. The molecular weight excluding hydrogens is 350 g/mol. The molecule has 6 heteroatoms. The van der Waals surface area contributed by atoms with E-state index in [4.69, 9.17) is 4.74 Å². The van der Waals surface area contributed by atoms with Crippen molar-refractivity contribution in [3.8, 4) is 0 Å². The van der Waals surface area contributed by atoms with E-state index < -0.39 is 15.3 Å². The number of rotatable bonds is 4. The Morgan fingerprint density at radius 2 is 1.42 bits per heavy atom. The molecule has 0 aliphatic heterocycles. The van der Waals surface area contributed by atoms with Crippen LogP contribution in [-0.4, -0.2) is 13.7 Å². The number of carbonyl (C=O) groups is 1. The zero-order chi connectivity index (χ0) is 18.7. The van der Waals surface area contributed by atoms with E-state index >= 15 is 0 Å². The minimum Gasteiger partial charge on any atom is -0.448 e. The zero-order valence-electron chi connectivity index (χ0n) is 14.0. The van der Waals surface area contributed by atoms with Gasteiger partial charge >= 0.3 is 15.3 Å². The Morgan fingerprint density at radius 3 is 2.08 bits per heavy atom. The van der Waals surface area contributed by atoms with Gasteiger partial charge in [-0.3, -0.25) is 4.72 Å². The second-order valence-electron chi connectivity index (χ2n) is 5.15. The molecule has 1 aliphatic rings. The van der Waals surface area contributed by atoms with Crippen LogP contribution in [0.1, 0.15) is 5.56 Å². The number of hydrogen-bond donors (Lipinski definition) is 1. The molecule has 0 unspecified atom stereocenters. The highest BCUT2D eigenvalue weighted by Crippen LogP contribution is 2.06. The lowest BCUT2D eigenvalue weighted by Gasteiger charge is -2.08. The van der Waals surface area contributed by atoms with Crippen molar-refractivity contribution in [3.63, 3.8) is 0 Å². The molecule has 0 amide bonds. The van der Waals surface area contributed by atoms with Gasteiger partial charge in [0.2, 0.25) is 0 Å². The standard InChI is InChI=1S/C20H19NO4S/c22-20(25-17-18-13-9-8-10-14-18)26(23,24)21-19-15-11-6-4-2-1-3-5-7-12-16-19/h1-16,21H,17H2/b2-1-,3-1?,4-2?,5-3-,6-4-,7-5?,11-6?,12-7-,15-11?,16-12?,19-15?,19-16?. The first-order chi connectivity index (χ1) is 12.6. The summed E-state index contributed by atoms with van der Waals surface area (Å²) in [5.74, 6) is 0. The molecule has 0 saturated carbocycles. The minimum atomic E-state index is -4.32. The van der Waals surface area contributed by atoms with E-state index in [1.165, 1.54) is 0 Å². The first-order valence-corrected chi connectivity index (χ1v) is 9.35. The Bertz CT molecular complexity index is 889. The average molecular weight is 369 g/mol. The van der Waals surface area contributed by atoms with Gasteiger partial charge in [0.15, 0.2) is 0 Å². The maximum absolute atomic E-state index is 12.2. The summed E-state index contributed by atoms with van der Waals surface area (Å²) in [6.45, 7) is -0.116. The number of benzene rings is 1. The topological polar surface area (TPSA) is 72.5 Å². The summed E-state index contributed by atoms with van der Waals surface area (Å²) in [6.07, 6.45) is 19.0. The lowest BCUT2D eigenvalue weighted by atomic mass is 10.2. The lowest BCUT2D eigenvalue weighted by molar-refractivity contribution is 0.165.